The molecule has 0 spiro atoms. The molecule has 12 heteroatoms. The van der Waals surface area contributed by atoms with Gasteiger partial charge in [-0.3, -0.25) is 10.2 Å². The van der Waals surface area contributed by atoms with Crippen LogP contribution in [0.3, 0.4) is 0 Å². The molecule has 2 aromatic rings. The monoisotopic (exact) mass is 339 g/mol. The first-order chi connectivity index (χ1) is 10.9. The minimum absolute atomic E-state index is 0.0188. The number of carbonyl (C=O) groups excluding carboxylic acids is 1. The van der Waals surface area contributed by atoms with Gasteiger partial charge < -0.3 is 10.1 Å². The molecular weight excluding hydrogens is 330 g/mol. The Balaban J connectivity index is 1.86. The zero-order valence-corrected chi connectivity index (χ0v) is 12.5. The minimum Gasteiger partial charge on any atom is -0.390 e. The Morgan fingerprint density at radius 3 is 2.78 bits per heavy atom. The first-order valence-corrected chi connectivity index (χ1v) is 6.51. The van der Waals surface area contributed by atoms with Gasteiger partial charge in [-0.1, -0.05) is 21.6 Å². The quantitative estimate of drug-likeness (QED) is 0.379. The van der Waals surface area contributed by atoms with Crippen LogP contribution in [-0.2, 0) is 11.4 Å². The van der Waals surface area contributed by atoms with Crippen molar-refractivity contribution in [3.8, 4) is 0 Å². The Morgan fingerprint density at radius 1 is 1.48 bits per heavy atom. The van der Waals surface area contributed by atoms with Crippen LogP contribution in [-0.4, -0.2) is 36.9 Å². The fourth-order valence-electron chi connectivity index (χ4n) is 1.40. The summed E-state index contributed by atoms with van der Waals surface area (Å²) in [5.41, 5.74) is 0.796. The summed E-state index contributed by atoms with van der Waals surface area (Å²) in [6.07, 6.45) is -0.802. The summed E-state index contributed by atoms with van der Waals surface area (Å²) < 4.78 is 0. The summed E-state index contributed by atoms with van der Waals surface area (Å²) >= 11 is 5.72. The normalized spacial score (nSPS) is 11.1. The molecule has 0 saturated heterocycles. The van der Waals surface area contributed by atoms with Crippen LogP contribution in [0.1, 0.15) is 6.92 Å². The Labute approximate surface area is 134 Å². The van der Waals surface area contributed by atoms with Crippen molar-refractivity contribution in [3.05, 3.63) is 39.4 Å². The molecule has 0 unspecified atom stereocenters. The van der Waals surface area contributed by atoms with E-state index in [4.69, 9.17) is 11.6 Å². The summed E-state index contributed by atoms with van der Waals surface area (Å²) in [5, 5.41) is 27.2. The van der Waals surface area contributed by atoms with Gasteiger partial charge in [0, 0.05) is 15.9 Å². The number of oxime groups is 1. The second kappa shape index (κ2) is 7.26. The van der Waals surface area contributed by atoms with Gasteiger partial charge in [-0.15, -0.1) is 0 Å². The number of amides is 1. The molecule has 2 rings (SSSR count). The number of nitrogens with zero attached hydrogens (tertiary/aromatic N) is 6. The summed E-state index contributed by atoms with van der Waals surface area (Å²) in [6, 6.07) is 6.40. The van der Waals surface area contributed by atoms with Gasteiger partial charge in [-0.2, -0.15) is 0 Å². The Hall–Kier alpha value is -3.08. The Bertz CT molecular complexity index is 743. The molecule has 0 bridgehead atoms. The zero-order chi connectivity index (χ0) is 16.8. The summed E-state index contributed by atoms with van der Waals surface area (Å²) in [7, 11) is 0. The highest BCUT2D eigenvalue weighted by Crippen LogP contribution is 2.13. The molecule has 0 radical (unpaired) electrons. The maximum absolute atomic E-state index is 11.5. The van der Waals surface area contributed by atoms with Gasteiger partial charge >= 0.3 is 12.0 Å². The lowest BCUT2D eigenvalue weighted by Gasteiger charge is -2.03. The highest BCUT2D eigenvalue weighted by Gasteiger charge is 2.15. The molecule has 1 aromatic heterocycles. The van der Waals surface area contributed by atoms with Gasteiger partial charge in [0.05, 0.1) is 15.9 Å². The molecule has 0 aliphatic heterocycles. The predicted octanol–water partition coefficient (Wildman–Crippen LogP) is 1.86. The van der Waals surface area contributed by atoms with Crippen molar-refractivity contribution in [3.63, 3.8) is 0 Å². The third-order valence-electron chi connectivity index (χ3n) is 2.35. The molecule has 0 aliphatic carbocycles. The number of benzene rings is 1. The second-order valence-corrected chi connectivity index (χ2v) is 4.65. The van der Waals surface area contributed by atoms with Gasteiger partial charge in [0.25, 0.3) is 0 Å². The van der Waals surface area contributed by atoms with E-state index in [9.17, 15) is 14.9 Å². The van der Waals surface area contributed by atoms with E-state index >= 15 is 0 Å². The molecule has 1 amide bonds. The second-order valence-electron chi connectivity index (χ2n) is 4.21. The van der Waals surface area contributed by atoms with Crippen LogP contribution in [0.25, 0.3) is 0 Å². The van der Waals surface area contributed by atoms with Crippen LogP contribution in [0.2, 0.25) is 5.02 Å². The van der Waals surface area contributed by atoms with E-state index < -0.39 is 17.0 Å². The fraction of sp³-hybridized carbons (Fsp3) is 0.182. The number of nitrogens with one attached hydrogen (secondary N) is 1. The van der Waals surface area contributed by atoms with Crippen LogP contribution in [0, 0.1) is 10.1 Å². The lowest BCUT2D eigenvalue weighted by atomic mass is 10.3. The molecule has 0 aliphatic rings. The molecular formula is C11H10ClN7O4. The fourth-order valence-corrected chi connectivity index (χ4v) is 1.53. The van der Waals surface area contributed by atoms with Crippen molar-refractivity contribution in [2.75, 3.05) is 5.32 Å². The van der Waals surface area contributed by atoms with Gasteiger partial charge in [0.2, 0.25) is 0 Å². The molecule has 120 valence electrons. The number of hydrogen-bond acceptors (Lipinski definition) is 8. The van der Waals surface area contributed by atoms with Crippen LogP contribution in [0.15, 0.2) is 29.4 Å². The SMILES string of the molecule is C/C(Cn1nnc([N+](=O)[O-])n1)=N\OC(=O)Nc1ccc(Cl)cc1. The van der Waals surface area contributed by atoms with E-state index in [0.717, 1.165) is 4.80 Å². The van der Waals surface area contributed by atoms with Crippen molar-refractivity contribution in [1.82, 2.24) is 20.2 Å². The number of rotatable bonds is 5. The van der Waals surface area contributed by atoms with Crippen molar-refractivity contribution in [2.24, 2.45) is 5.16 Å². The molecule has 1 heterocycles. The highest BCUT2D eigenvalue weighted by atomic mass is 35.5. The van der Waals surface area contributed by atoms with E-state index in [0.29, 0.717) is 16.4 Å². The summed E-state index contributed by atoms with van der Waals surface area (Å²) in [5.74, 6) is -0.626. The van der Waals surface area contributed by atoms with Crippen LogP contribution >= 0.6 is 11.6 Å². The zero-order valence-electron chi connectivity index (χ0n) is 11.7. The molecule has 0 fully saturated rings. The van der Waals surface area contributed by atoms with Gasteiger partial charge in [0.15, 0.2) is 0 Å². The van der Waals surface area contributed by atoms with Gasteiger partial charge in [0.1, 0.15) is 6.54 Å². The predicted molar refractivity (Wildman–Crippen MR) is 79.1 cm³/mol. The highest BCUT2D eigenvalue weighted by molar-refractivity contribution is 6.30. The van der Waals surface area contributed by atoms with Crippen LogP contribution < -0.4 is 5.32 Å². The van der Waals surface area contributed by atoms with Gasteiger partial charge in [-0.05, 0) is 36.1 Å². The maximum Gasteiger partial charge on any atom is 0.514 e. The number of aromatic nitrogens is 4. The van der Waals surface area contributed by atoms with E-state index in [1.54, 1.807) is 24.3 Å². The summed E-state index contributed by atoms with van der Waals surface area (Å²) in [4.78, 5) is 26.8. The molecule has 1 N–H and O–H groups in total. The maximum atomic E-state index is 11.5. The molecule has 23 heavy (non-hydrogen) atoms. The van der Waals surface area contributed by atoms with Crippen LogP contribution in [0.4, 0.5) is 16.4 Å². The first kappa shape index (κ1) is 16.3. The smallest absolute Gasteiger partial charge is 0.390 e. The molecule has 11 nitrogen and oxygen atoms in total. The molecule has 0 atom stereocenters. The third-order valence-corrected chi connectivity index (χ3v) is 2.60. The Kier molecular flexibility index (Phi) is 5.15. The average Bonchev–Trinajstić information content (AvgIpc) is 2.96. The number of tetrazole rings is 1. The van der Waals surface area contributed by atoms with Crippen LogP contribution in [0.5, 0.6) is 0 Å². The largest absolute Gasteiger partial charge is 0.514 e. The third kappa shape index (κ3) is 5.00. The topological polar surface area (TPSA) is 137 Å². The molecule has 1 aromatic carbocycles. The van der Waals surface area contributed by atoms with Gasteiger partial charge in [-0.25, -0.2) is 4.79 Å². The number of nitro groups is 1. The van der Waals surface area contributed by atoms with Crippen molar-refractivity contribution in [2.45, 2.75) is 13.5 Å². The minimum atomic E-state index is -0.802. The standard InChI is InChI=1S/C11H10ClN7O4/c1-7(6-18-15-10(14-17-18)19(21)22)16-23-11(20)13-9-4-2-8(12)3-5-9/h2-5H,6H2,1H3,(H,13,20)/b16-7+. The Morgan fingerprint density at radius 2 is 2.17 bits per heavy atom. The van der Waals surface area contributed by atoms with E-state index in [-0.39, 0.29) is 6.54 Å². The lowest BCUT2D eigenvalue weighted by Crippen LogP contribution is -2.14. The average molecular weight is 340 g/mol. The number of anilines is 1. The molecule has 0 saturated carbocycles. The summed E-state index contributed by atoms with van der Waals surface area (Å²) in [6.45, 7) is 1.51. The first-order valence-electron chi connectivity index (χ1n) is 6.13. The lowest BCUT2D eigenvalue weighted by molar-refractivity contribution is -0.394. The van der Waals surface area contributed by atoms with Crippen molar-refractivity contribution < 1.29 is 14.6 Å². The van der Waals surface area contributed by atoms with Crippen molar-refractivity contribution in [1.29, 1.82) is 0 Å². The van der Waals surface area contributed by atoms with E-state index in [2.05, 4.69) is 30.7 Å². The van der Waals surface area contributed by atoms with E-state index in [1.165, 1.54) is 6.92 Å². The number of hydrogen-bond donors (Lipinski definition) is 1. The number of carbonyl (C=O) groups is 1. The number of halogens is 1. The van der Waals surface area contributed by atoms with Crippen molar-refractivity contribution >= 4 is 35.0 Å². The van der Waals surface area contributed by atoms with E-state index in [1.807, 2.05) is 0 Å².